The Morgan fingerprint density at radius 1 is 1.19 bits per heavy atom. The highest BCUT2D eigenvalue weighted by molar-refractivity contribution is 7.98. The molecular weight excluding hydrogens is 503 g/mol. The van der Waals surface area contributed by atoms with Gasteiger partial charge in [-0.2, -0.15) is 0 Å². The second kappa shape index (κ2) is 10.1. The summed E-state index contributed by atoms with van der Waals surface area (Å²) < 4.78 is 26.4. The number of methoxy groups -OCH3 is 2. The number of fused-ring (bicyclic) bond motifs is 1. The molecule has 0 radical (unpaired) electrons. The maximum atomic E-state index is 15.5. The minimum Gasteiger partial charge on any atom is -0.497 e. The maximum Gasteiger partial charge on any atom is 0.259 e. The molecule has 2 aromatic carbocycles. The molecule has 1 aliphatic heterocycles. The van der Waals surface area contributed by atoms with E-state index in [-0.39, 0.29) is 24.0 Å². The number of halogens is 2. The molecule has 1 aromatic heterocycles. The van der Waals surface area contributed by atoms with Crippen LogP contribution in [-0.2, 0) is 12.0 Å². The third-order valence-electron chi connectivity index (χ3n) is 6.41. The number of carbonyl (C=O) groups excluding carboxylic acids is 1. The van der Waals surface area contributed by atoms with Crippen molar-refractivity contribution in [2.24, 2.45) is 0 Å². The molecule has 3 aromatic rings. The van der Waals surface area contributed by atoms with Crippen molar-refractivity contribution in [1.82, 2.24) is 14.9 Å². The van der Waals surface area contributed by atoms with E-state index in [0.29, 0.717) is 39.3 Å². The molecule has 0 fully saturated rings. The van der Waals surface area contributed by atoms with E-state index in [1.807, 2.05) is 39.4 Å². The second-order valence-electron chi connectivity index (χ2n) is 8.92. The number of amides is 1. The number of anilines is 1. The van der Waals surface area contributed by atoms with Crippen molar-refractivity contribution in [3.05, 3.63) is 69.6 Å². The monoisotopic (exact) mass is 530 g/mol. The Bertz CT molecular complexity index is 1320. The molecule has 1 aliphatic rings. The zero-order valence-corrected chi connectivity index (χ0v) is 22.6. The van der Waals surface area contributed by atoms with Crippen LogP contribution in [-0.4, -0.2) is 61.9 Å². The number of benzene rings is 2. The summed E-state index contributed by atoms with van der Waals surface area (Å²) in [6, 6.07) is 10.4. The quantitative estimate of drug-likeness (QED) is 0.313. The van der Waals surface area contributed by atoms with Crippen molar-refractivity contribution in [2.45, 2.75) is 24.0 Å². The first-order chi connectivity index (χ1) is 17.1. The zero-order valence-electron chi connectivity index (χ0n) is 21.1. The van der Waals surface area contributed by atoms with Crippen LogP contribution < -0.4 is 14.4 Å². The fourth-order valence-corrected chi connectivity index (χ4v) is 5.12. The molecule has 0 bridgehead atoms. The lowest BCUT2D eigenvalue weighted by atomic mass is 9.74. The van der Waals surface area contributed by atoms with Crippen LogP contribution in [0.4, 0.5) is 10.2 Å². The van der Waals surface area contributed by atoms with Gasteiger partial charge in [-0.3, -0.25) is 4.79 Å². The van der Waals surface area contributed by atoms with Crippen LogP contribution in [0.5, 0.6) is 11.5 Å². The first kappa shape index (κ1) is 26.0. The fraction of sp³-hybridized carbons (Fsp3) is 0.346. The number of aromatic nitrogens is 2. The summed E-state index contributed by atoms with van der Waals surface area (Å²) >= 11 is 7.56. The smallest absolute Gasteiger partial charge is 0.259 e. The molecule has 4 rings (SSSR count). The molecule has 0 unspecified atom stereocenters. The Morgan fingerprint density at radius 3 is 2.58 bits per heavy atom. The van der Waals surface area contributed by atoms with Gasteiger partial charge in [0, 0.05) is 44.4 Å². The van der Waals surface area contributed by atoms with Crippen molar-refractivity contribution in [1.29, 1.82) is 0 Å². The van der Waals surface area contributed by atoms with Gasteiger partial charge in [0.05, 0.1) is 30.4 Å². The largest absolute Gasteiger partial charge is 0.497 e. The fourth-order valence-electron chi connectivity index (χ4n) is 4.59. The molecule has 190 valence electrons. The molecular formula is C26H28ClFN4O3S. The van der Waals surface area contributed by atoms with Gasteiger partial charge in [-0.25, -0.2) is 14.4 Å². The van der Waals surface area contributed by atoms with Gasteiger partial charge in [0.15, 0.2) is 5.16 Å². The molecule has 0 N–H and O–H groups in total. The van der Waals surface area contributed by atoms with Gasteiger partial charge in [-0.1, -0.05) is 35.5 Å². The number of nitrogens with zero attached hydrogens (tertiary/aromatic N) is 4. The zero-order chi connectivity index (χ0) is 26.2. The number of rotatable bonds is 7. The summed E-state index contributed by atoms with van der Waals surface area (Å²) in [5, 5.41) is 0.520. The van der Waals surface area contributed by atoms with Gasteiger partial charge >= 0.3 is 0 Å². The molecule has 7 nitrogen and oxygen atoms in total. The van der Waals surface area contributed by atoms with Crippen molar-refractivity contribution in [3.63, 3.8) is 0 Å². The Morgan fingerprint density at radius 2 is 1.94 bits per heavy atom. The Balaban J connectivity index is 1.94. The molecule has 0 saturated heterocycles. The number of ether oxygens (including phenoxy) is 2. The van der Waals surface area contributed by atoms with Crippen LogP contribution in [0, 0.1) is 5.82 Å². The van der Waals surface area contributed by atoms with Crippen LogP contribution in [0.25, 0.3) is 0 Å². The van der Waals surface area contributed by atoms with Crippen LogP contribution in [0.2, 0.25) is 5.02 Å². The van der Waals surface area contributed by atoms with Gasteiger partial charge < -0.3 is 19.3 Å². The average Bonchev–Trinajstić information content (AvgIpc) is 2.87. The molecule has 10 heteroatoms. The molecule has 0 spiro atoms. The molecule has 0 aliphatic carbocycles. The summed E-state index contributed by atoms with van der Waals surface area (Å²) in [4.78, 5) is 26.8. The second-order valence-corrected chi connectivity index (χ2v) is 10.1. The first-order valence-electron chi connectivity index (χ1n) is 11.2. The molecule has 1 atom stereocenters. The summed E-state index contributed by atoms with van der Waals surface area (Å²) in [5.74, 6) is 0.947. The minimum atomic E-state index is -0.990. The van der Waals surface area contributed by atoms with Gasteiger partial charge in [-0.15, -0.1) is 0 Å². The van der Waals surface area contributed by atoms with E-state index in [0.717, 1.165) is 5.56 Å². The highest BCUT2D eigenvalue weighted by atomic mass is 35.5. The van der Waals surface area contributed by atoms with Crippen molar-refractivity contribution < 1.29 is 18.7 Å². The van der Waals surface area contributed by atoms with E-state index in [4.69, 9.17) is 26.1 Å². The van der Waals surface area contributed by atoms with Gasteiger partial charge in [0.2, 0.25) is 0 Å². The number of thioether (sulfide) groups is 1. The Labute approximate surface area is 219 Å². The Kier molecular flexibility index (Phi) is 7.33. The van der Waals surface area contributed by atoms with Crippen molar-refractivity contribution in [3.8, 4) is 11.5 Å². The molecule has 2 heterocycles. The lowest BCUT2D eigenvalue weighted by Crippen LogP contribution is -2.50. The molecule has 0 saturated carbocycles. The minimum absolute atomic E-state index is 0.0162. The van der Waals surface area contributed by atoms with E-state index in [1.165, 1.54) is 17.8 Å². The van der Waals surface area contributed by atoms with Crippen LogP contribution in [0.15, 0.2) is 41.6 Å². The predicted octanol–water partition coefficient (Wildman–Crippen LogP) is 5.04. The average molecular weight is 531 g/mol. The normalized spacial score (nSPS) is 17.1. The van der Waals surface area contributed by atoms with E-state index in [1.54, 1.807) is 42.2 Å². The van der Waals surface area contributed by atoms with Gasteiger partial charge in [-0.05, 0) is 31.4 Å². The third-order valence-corrected chi connectivity index (χ3v) is 7.25. The Hall–Kier alpha value is -3.04. The topological polar surface area (TPSA) is 67.8 Å². The third kappa shape index (κ3) is 4.46. The summed E-state index contributed by atoms with van der Waals surface area (Å²) in [6.07, 6.45) is 1.87. The van der Waals surface area contributed by atoms with Gasteiger partial charge in [0.1, 0.15) is 28.7 Å². The van der Waals surface area contributed by atoms with E-state index >= 15 is 4.39 Å². The summed E-state index contributed by atoms with van der Waals surface area (Å²) in [7, 11) is 6.79. The molecule has 1 amide bonds. The number of carbonyl (C=O) groups is 1. The SMILES string of the molecule is COc1ccc(CN2C[C@@](C)(c3cccc(Cl)c3F)c3nc(SC)nc(N(C)C)c3C2=O)c(OC)c1. The summed E-state index contributed by atoms with van der Waals surface area (Å²) in [6.45, 7) is 2.31. The highest BCUT2D eigenvalue weighted by Gasteiger charge is 2.46. The van der Waals surface area contributed by atoms with Gasteiger partial charge in [0.25, 0.3) is 5.91 Å². The summed E-state index contributed by atoms with van der Waals surface area (Å²) in [5.41, 5.74) is 0.992. The predicted molar refractivity (Wildman–Crippen MR) is 140 cm³/mol. The lowest BCUT2D eigenvalue weighted by Gasteiger charge is -2.42. The standard InChI is InChI=1S/C26H28ClFN4O3S/c1-26(17-8-7-9-18(27)21(17)28)14-32(13-15-10-11-16(34-4)12-19(15)35-5)24(33)20-22(26)29-25(36-6)30-23(20)31(2)3/h7-12H,13-14H2,1-6H3/t26-/m0/s1. The number of hydrogen-bond donors (Lipinski definition) is 0. The number of hydrogen-bond acceptors (Lipinski definition) is 7. The van der Waals surface area contributed by atoms with E-state index < -0.39 is 11.2 Å². The van der Waals surface area contributed by atoms with Crippen molar-refractivity contribution in [2.75, 3.05) is 46.0 Å². The van der Waals surface area contributed by atoms with Crippen molar-refractivity contribution >= 4 is 35.1 Å². The van der Waals surface area contributed by atoms with Crippen LogP contribution in [0.1, 0.15) is 34.1 Å². The van der Waals surface area contributed by atoms with E-state index in [9.17, 15) is 4.79 Å². The lowest BCUT2D eigenvalue weighted by molar-refractivity contribution is 0.0675. The highest BCUT2D eigenvalue weighted by Crippen LogP contribution is 2.44. The van der Waals surface area contributed by atoms with E-state index in [2.05, 4.69) is 4.98 Å². The van der Waals surface area contributed by atoms with Crippen LogP contribution >= 0.6 is 23.4 Å². The first-order valence-corrected chi connectivity index (χ1v) is 12.8. The maximum absolute atomic E-state index is 15.5. The van der Waals surface area contributed by atoms with Crippen LogP contribution in [0.3, 0.4) is 0 Å². The molecule has 36 heavy (non-hydrogen) atoms.